The average Bonchev–Trinajstić information content (AvgIpc) is 2.93. The molecule has 4 unspecified atom stereocenters. The van der Waals surface area contributed by atoms with Gasteiger partial charge in [-0.3, -0.25) is 23.4 Å². The lowest BCUT2D eigenvalue weighted by Gasteiger charge is -2.17. The van der Waals surface area contributed by atoms with Crippen LogP contribution in [0, 0.1) is 11.8 Å². The molecule has 4 atom stereocenters. The molecule has 0 bridgehead atoms. The van der Waals surface area contributed by atoms with Crippen LogP contribution >= 0.6 is 7.82 Å². The van der Waals surface area contributed by atoms with Crippen molar-refractivity contribution in [1.82, 2.24) is 9.55 Å². The highest BCUT2D eigenvalue weighted by Crippen LogP contribution is 2.43. The Morgan fingerprint density at radius 2 is 2.24 bits per heavy atom. The van der Waals surface area contributed by atoms with Gasteiger partial charge in [-0.25, -0.2) is 9.36 Å². The van der Waals surface area contributed by atoms with Gasteiger partial charge in [-0.1, -0.05) is 11.8 Å². The van der Waals surface area contributed by atoms with E-state index in [1.54, 1.807) is 0 Å². The summed E-state index contributed by atoms with van der Waals surface area (Å²) in [6.07, 6.45) is -1.87. The first-order chi connectivity index (χ1) is 11.8. The Kier molecular flexibility index (Phi) is 6.31. The number of nitrogens with one attached hydrogen (secondary N) is 1. The van der Waals surface area contributed by atoms with Crippen LogP contribution < -0.4 is 11.2 Å². The fourth-order valence-electron chi connectivity index (χ4n) is 2.18. The molecule has 2 rings (SSSR count). The van der Waals surface area contributed by atoms with E-state index in [-0.39, 0.29) is 12.0 Å². The van der Waals surface area contributed by atoms with Crippen LogP contribution in [0.5, 0.6) is 0 Å². The van der Waals surface area contributed by atoms with Crippen LogP contribution in [0.1, 0.15) is 18.2 Å². The maximum atomic E-state index is 11.9. The zero-order chi connectivity index (χ0) is 18.6. The van der Waals surface area contributed by atoms with Crippen LogP contribution in [0.25, 0.3) is 0 Å². The molecule has 1 saturated heterocycles. The Labute approximate surface area is 141 Å². The number of aromatic nitrogens is 2. The monoisotopic (exact) mass is 376 g/mol. The molecule has 1 aromatic rings. The number of phosphoric acid groups is 1. The lowest BCUT2D eigenvalue weighted by molar-refractivity contribution is -0.0458. The van der Waals surface area contributed by atoms with Gasteiger partial charge >= 0.3 is 13.5 Å². The molecule has 2 heterocycles. The third-order valence-corrected chi connectivity index (χ3v) is 4.35. The number of hydrogen-bond acceptors (Lipinski definition) is 8. The largest absolute Gasteiger partial charge is 0.472 e. The minimum atomic E-state index is -4.23. The van der Waals surface area contributed by atoms with E-state index in [2.05, 4.69) is 25.9 Å². The molecule has 1 fully saturated rings. The number of ether oxygens (including phenoxy) is 1. The minimum absolute atomic E-state index is 0.0183. The number of aliphatic hydroxyl groups excluding tert-OH is 2. The SMILES string of the molecule is COP(=O)(O)OCC1OC(n2cc(C#CCO)c(=O)[nH]c2=O)CC1O. The van der Waals surface area contributed by atoms with E-state index in [1.807, 2.05) is 0 Å². The molecule has 0 radical (unpaired) electrons. The van der Waals surface area contributed by atoms with Crippen molar-refractivity contribution in [3.05, 3.63) is 32.6 Å². The number of H-pyrrole nitrogens is 1. The van der Waals surface area contributed by atoms with Gasteiger partial charge in [0.2, 0.25) is 0 Å². The Morgan fingerprint density at radius 1 is 1.52 bits per heavy atom. The zero-order valence-electron chi connectivity index (χ0n) is 13.1. The number of rotatable bonds is 5. The molecule has 0 aromatic carbocycles. The van der Waals surface area contributed by atoms with Crippen LogP contribution in [0.3, 0.4) is 0 Å². The summed E-state index contributed by atoms with van der Waals surface area (Å²) in [6.45, 7) is -0.897. The van der Waals surface area contributed by atoms with Crippen molar-refractivity contribution in [1.29, 1.82) is 0 Å². The van der Waals surface area contributed by atoms with Crippen molar-refractivity contribution in [2.24, 2.45) is 0 Å². The number of aliphatic hydroxyl groups is 2. The zero-order valence-corrected chi connectivity index (χ0v) is 14.0. The molecule has 0 spiro atoms. The molecule has 12 heteroatoms. The third kappa shape index (κ3) is 4.87. The molecule has 4 N–H and O–H groups in total. The van der Waals surface area contributed by atoms with E-state index >= 15 is 0 Å². The van der Waals surface area contributed by atoms with E-state index in [9.17, 15) is 24.2 Å². The lowest BCUT2D eigenvalue weighted by atomic mass is 10.2. The fourth-order valence-corrected chi connectivity index (χ4v) is 2.62. The van der Waals surface area contributed by atoms with Gasteiger partial charge in [0.1, 0.15) is 24.5 Å². The molecule has 1 aliphatic heterocycles. The highest BCUT2D eigenvalue weighted by molar-refractivity contribution is 7.47. The van der Waals surface area contributed by atoms with Gasteiger partial charge in [-0.2, -0.15) is 0 Å². The summed E-state index contributed by atoms with van der Waals surface area (Å²) in [7, 11) is -3.24. The smallest absolute Gasteiger partial charge is 0.390 e. The van der Waals surface area contributed by atoms with Gasteiger partial charge in [-0.15, -0.1) is 0 Å². The molecule has 1 aliphatic rings. The molecule has 25 heavy (non-hydrogen) atoms. The van der Waals surface area contributed by atoms with Crippen molar-refractivity contribution < 1.29 is 33.5 Å². The van der Waals surface area contributed by atoms with Crippen molar-refractivity contribution in [2.75, 3.05) is 20.3 Å². The number of phosphoric ester groups is 1. The average molecular weight is 376 g/mol. The van der Waals surface area contributed by atoms with Crippen molar-refractivity contribution in [3.8, 4) is 11.8 Å². The molecule has 11 nitrogen and oxygen atoms in total. The van der Waals surface area contributed by atoms with Gasteiger partial charge in [0.15, 0.2) is 0 Å². The van der Waals surface area contributed by atoms with E-state index in [0.29, 0.717) is 0 Å². The Balaban J connectivity index is 2.19. The first-order valence-electron chi connectivity index (χ1n) is 7.09. The second-order valence-electron chi connectivity index (χ2n) is 5.05. The van der Waals surface area contributed by atoms with Crippen LogP contribution in [0.15, 0.2) is 15.8 Å². The van der Waals surface area contributed by atoms with Gasteiger partial charge in [0.25, 0.3) is 5.56 Å². The van der Waals surface area contributed by atoms with Crippen LogP contribution in [0.4, 0.5) is 0 Å². The summed E-state index contributed by atoms with van der Waals surface area (Å²) >= 11 is 0. The van der Waals surface area contributed by atoms with Crippen LogP contribution in [0.2, 0.25) is 0 Å². The van der Waals surface area contributed by atoms with E-state index in [1.165, 1.54) is 0 Å². The lowest BCUT2D eigenvalue weighted by Crippen LogP contribution is -2.33. The molecular weight excluding hydrogens is 359 g/mol. The highest BCUT2D eigenvalue weighted by Gasteiger charge is 2.37. The summed E-state index contributed by atoms with van der Waals surface area (Å²) in [6, 6.07) is 0. The van der Waals surface area contributed by atoms with Gasteiger partial charge in [-0.05, 0) is 0 Å². The second kappa shape index (κ2) is 8.07. The van der Waals surface area contributed by atoms with Crippen LogP contribution in [-0.2, 0) is 18.3 Å². The quantitative estimate of drug-likeness (QED) is 0.346. The number of aromatic amines is 1. The summed E-state index contributed by atoms with van der Waals surface area (Å²) in [5.41, 5.74) is -1.56. The van der Waals surface area contributed by atoms with Crippen LogP contribution in [-0.4, -0.2) is 57.2 Å². The standard InChI is InChI=1S/C13H17N2O9P/c1-22-25(20,21)23-7-10-9(17)5-11(24-10)15-6-8(3-2-4-16)12(18)14-13(15)19/h6,9-11,16-17H,4-5,7H2,1H3,(H,20,21)(H,14,18,19). The molecule has 0 amide bonds. The van der Waals surface area contributed by atoms with Crippen molar-refractivity contribution in [3.63, 3.8) is 0 Å². The fraction of sp³-hybridized carbons (Fsp3) is 0.538. The predicted molar refractivity (Wildman–Crippen MR) is 82.6 cm³/mol. The number of nitrogens with zero attached hydrogens (tertiary/aromatic N) is 1. The predicted octanol–water partition coefficient (Wildman–Crippen LogP) is -1.71. The van der Waals surface area contributed by atoms with Gasteiger partial charge in [0.05, 0.1) is 12.7 Å². The maximum Gasteiger partial charge on any atom is 0.472 e. The van der Waals surface area contributed by atoms with E-state index < -0.39 is 50.7 Å². The summed E-state index contributed by atoms with van der Waals surface area (Å²) in [5.74, 6) is 4.69. The molecule has 0 aliphatic carbocycles. The third-order valence-electron chi connectivity index (χ3n) is 3.42. The van der Waals surface area contributed by atoms with Crippen molar-refractivity contribution in [2.45, 2.75) is 24.9 Å². The Morgan fingerprint density at radius 3 is 2.88 bits per heavy atom. The normalized spacial score (nSPS) is 25.2. The van der Waals surface area contributed by atoms with Gasteiger partial charge < -0.3 is 19.8 Å². The summed E-state index contributed by atoms with van der Waals surface area (Å²) in [5, 5.41) is 18.7. The molecule has 1 aromatic heterocycles. The molecule has 0 saturated carbocycles. The van der Waals surface area contributed by atoms with Gasteiger partial charge in [0, 0.05) is 19.7 Å². The van der Waals surface area contributed by atoms with Crippen molar-refractivity contribution >= 4 is 7.82 Å². The Hall–Kier alpha value is -1.77. The minimum Gasteiger partial charge on any atom is -0.390 e. The second-order valence-corrected chi connectivity index (χ2v) is 6.61. The topological polar surface area (TPSA) is 160 Å². The Bertz CT molecular complexity index is 836. The molecule has 138 valence electrons. The molecular formula is C13H17N2O9P. The number of hydrogen-bond donors (Lipinski definition) is 4. The maximum absolute atomic E-state index is 11.9. The van der Waals surface area contributed by atoms with E-state index in [0.717, 1.165) is 17.9 Å². The summed E-state index contributed by atoms with van der Waals surface area (Å²) in [4.78, 5) is 34.8. The first-order valence-corrected chi connectivity index (χ1v) is 8.58. The first kappa shape index (κ1) is 19.6. The summed E-state index contributed by atoms with van der Waals surface area (Å²) < 4.78 is 26.7. The highest BCUT2D eigenvalue weighted by atomic mass is 31.2. The van der Waals surface area contributed by atoms with E-state index in [4.69, 9.17) is 9.84 Å².